The smallest absolute Gasteiger partial charge is 0.201 e. The van der Waals surface area contributed by atoms with Gasteiger partial charge >= 0.3 is 0 Å². The summed E-state index contributed by atoms with van der Waals surface area (Å²) < 4.78 is 7.39. The van der Waals surface area contributed by atoms with Crippen LogP contribution in [0.2, 0.25) is 0 Å². The van der Waals surface area contributed by atoms with Gasteiger partial charge in [0.25, 0.3) is 0 Å². The summed E-state index contributed by atoms with van der Waals surface area (Å²) >= 11 is 0. The van der Waals surface area contributed by atoms with E-state index in [1.165, 1.54) is 5.56 Å². The molecule has 2 aromatic rings. The van der Waals surface area contributed by atoms with Crippen molar-refractivity contribution in [1.82, 2.24) is 9.55 Å². The van der Waals surface area contributed by atoms with Crippen LogP contribution in [-0.2, 0) is 11.3 Å². The molecule has 0 atom stereocenters. The number of nitrogens with zero attached hydrogens (tertiary/aromatic N) is 2. The molecular formula is C13H19N3O. The second-order valence-electron chi connectivity index (χ2n) is 4.16. The van der Waals surface area contributed by atoms with Gasteiger partial charge in [-0.2, -0.15) is 0 Å². The molecule has 0 saturated heterocycles. The van der Waals surface area contributed by atoms with E-state index >= 15 is 0 Å². The van der Waals surface area contributed by atoms with Crippen molar-refractivity contribution in [3.8, 4) is 0 Å². The second kappa shape index (κ2) is 5.19. The van der Waals surface area contributed by atoms with Crippen molar-refractivity contribution < 1.29 is 4.74 Å². The molecule has 0 spiro atoms. The first kappa shape index (κ1) is 11.9. The van der Waals surface area contributed by atoms with E-state index in [9.17, 15) is 0 Å². The van der Waals surface area contributed by atoms with Crippen LogP contribution in [0.15, 0.2) is 18.2 Å². The van der Waals surface area contributed by atoms with Crippen molar-refractivity contribution in [1.29, 1.82) is 0 Å². The molecule has 0 aliphatic rings. The van der Waals surface area contributed by atoms with Gasteiger partial charge in [0, 0.05) is 19.8 Å². The number of anilines is 1. The van der Waals surface area contributed by atoms with Gasteiger partial charge < -0.3 is 15.0 Å². The summed E-state index contributed by atoms with van der Waals surface area (Å²) in [6, 6.07) is 6.19. The number of benzene rings is 1. The lowest BCUT2D eigenvalue weighted by Gasteiger charge is -2.06. The molecule has 0 radical (unpaired) electrons. The Morgan fingerprint density at radius 1 is 1.41 bits per heavy atom. The molecule has 0 saturated carbocycles. The molecular weight excluding hydrogens is 214 g/mol. The third-order valence-corrected chi connectivity index (χ3v) is 2.81. The Morgan fingerprint density at radius 3 is 3.00 bits per heavy atom. The Balaban J connectivity index is 2.20. The van der Waals surface area contributed by atoms with Crippen LogP contribution in [0.5, 0.6) is 0 Å². The standard InChI is InChI=1S/C13H19N3O/c1-3-17-8-4-7-16-12-9-10(2)5-6-11(12)15-13(16)14/h5-6,9H,3-4,7-8H2,1-2H3,(H2,14,15). The molecule has 0 amide bonds. The van der Waals surface area contributed by atoms with Gasteiger partial charge in [0.05, 0.1) is 11.0 Å². The van der Waals surface area contributed by atoms with Crippen molar-refractivity contribution in [2.75, 3.05) is 18.9 Å². The van der Waals surface area contributed by atoms with Gasteiger partial charge in [-0.25, -0.2) is 4.98 Å². The van der Waals surface area contributed by atoms with Crippen molar-refractivity contribution in [3.05, 3.63) is 23.8 Å². The van der Waals surface area contributed by atoms with Crippen molar-refractivity contribution >= 4 is 17.0 Å². The van der Waals surface area contributed by atoms with Gasteiger partial charge in [-0.05, 0) is 38.0 Å². The topological polar surface area (TPSA) is 53.1 Å². The average Bonchev–Trinajstić information content (AvgIpc) is 2.61. The van der Waals surface area contributed by atoms with Crippen LogP contribution in [0.4, 0.5) is 5.95 Å². The molecule has 92 valence electrons. The molecule has 1 aromatic heterocycles. The zero-order valence-corrected chi connectivity index (χ0v) is 10.4. The Morgan fingerprint density at radius 2 is 2.24 bits per heavy atom. The van der Waals surface area contributed by atoms with Gasteiger partial charge in [-0.3, -0.25) is 0 Å². The van der Waals surface area contributed by atoms with Crippen molar-refractivity contribution in [3.63, 3.8) is 0 Å². The number of aromatic nitrogens is 2. The minimum Gasteiger partial charge on any atom is -0.382 e. The van der Waals surface area contributed by atoms with E-state index in [0.29, 0.717) is 5.95 Å². The third kappa shape index (κ3) is 2.58. The first-order chi connectivity index (χ1) is 8.22. The summed E-state index contributed by atoms with van der Waals surface area (Å²) in [5.74, 6) is 0.585. The molecule has 0 bridgehead atoms. The lowest BCUT2D eigenvalue weighted by molar-refractivity contribution is 0.142. The fraction of sp³-hybridized carbons (Fsp3) is 0.462. The zero-order chi connectivity index (χ0) is 12.3. The van der Waals surface area contributed by atoms with Crippen LogP contribution < -0.4 is 5.73 Å². The first-order valence-electron chi connectivity index (χ1n) is 6.02. The number of fused-ring (bicyclic) bond motifs is 1. The Hall–Kier alpha value is -1.55. The number of ether oxygens (including phenoxy) is 1. The van der Waals surface area contributed by atoms with Gasteiger partial charge in [0.2, 0.25) is 5.95 Å². The van der Waals surface area contributed by atoms with Crippen LogP contribution in [0.25, 0.3) is 11.0 Å². The highest BCUT2D eigenvalue weighted by molar-refractivity contribution is 5.79. The molecule has 1 aromatic carbocycles. The zero-order valence-electron chi connectivity index (χ0n) is 10.4. The summed E-state index contributed by atoms with van der Waals surface area (Å²) in [6.45, 7) is 6.46. The maximum Gasteiger partial charge on any atom is 0.201 e. The fourth-order valence-corrected chi connectivity index (χ4v) is 1.96. The predicted octanol–water partition coefficient (Wildman–Crippen LogP) is 2.35. The molecule has 4 nitrogen and oxygen atoms in total. The number of nitrogen functional groups attached to an aromatic ring is 1. The maximum absolute atomic E-state index is 5.93. The number of hydrogen-bond acceptors (Lipinski definition) is 3. The van der Waals surface area contributed by atoms with Gasteiger partial charge in [0.15, 0.2) is 0 Å². The monoisotopic (exact) mass is 233 g/mol. The Kier molecular flexibility index (Phi) is 3.64. The number of nitrogens with two attached hydrogens (primary N) is 1. The van der Waals surface area contributed by atoms with Crippen LogP contribution in [-0.4, -0.2) is 22.8 Å². The number of aryl methyl sites for hydroxylation is 2. The quantitative estimate of drug-likeness (QED) is 0.806. The van der Waals surface area contributed by atoms with Crippen LogP contribution in [0.1, 0.15) is 18.9 Å². The molecule has 2 rings (SSSR count). The molecule has 0 aliphatic carbocycles. The van der Waals surface area contributed by atoms with Gasteiger partial charge in [0.1, 0.15) is 0 Å². The maximum atomic E-state index is 5.93. The molecule has 2 N–H and O–H groups in total. The first-order valence-corrected chi connectivity index (χ1v) is 6.02. The van der Waals surface area contributed by atoms with Crippen LogP contribution in [0, 0.1) is 6.92 Å². The average molecular weight is 233 g/mol. The summed E-state index contributed by atoms with van der Waals surface area (Å²) in [4.78, 5) is 4.35. The summed E-state index contributed by atoms with van der Waals surface area (Å²) in [5, 5.41) is 0. The number of imidazole rings is 1. The lowest BCUT2D eigenvalue weighted by Crippen LogP contribution is -2.06. The minimum atomic E-state index is 0.585. The van der Waals surface area contributed by atoms with E-state index < -0.39 is 0 Å². The minimum absolute atomic E-state index is 0.585. The molecule has 4 heteroatoms. The second-order valence-corrected chi connectivity index (χ2v) is 4.16. The SMILES string of the molecule is CCOCCCn1c(N)nc2ccc(C)cc21. The Bertz CT molecular complexity index is 505. The van der Waals surface area contributed by atoms with E-state index in [1.54, 1.807) is 0 Å². The largest absolute Gasteiger partial charge is 0.382 e. The molecule has 0 unspecified atom stereocenters. The summed E-state index contributed by atoms with van der Waals surface area (Å²) in [6.07, 6.45) is 0.956. The third-order valence-electron chi connectivity index (χ3n) is 2.81. The highest BCUT2D eigenvalue weighted by atomic mass is 16.5. The van der Waals surface area contributed by atoms with Gasteiger partial charge in [-0.1, -0.05) is 6.07 Å². The predicted molar refractivity (Wildman–Crippen MR) is 70.0 cm³/mol. The van der Waals surface area contributed by atoms with Gasteiger partial charge in [-0.15, -0.1) is 0 Å². The highest BCUT2D eigenvalue weighted by Crippen LogP contribution is 2.19. The molecule has 0 aliphatic heterocycles. The van der Waals surface area contributed by atoms with E-state index in [4.69, 9.17) is 10.5 Å². The van der Waals surface area contributed by atoms with Crippen molar-refractivity contribution in [2.24, 2.45) is 0 Å². The van der Waals surface area contributed by atoms with E-state index in [0.717, 1.165) is 37.2 Å². The van der Waals surface area contributed by atoms with E-state index in [2.05, 4.69) is 28.6 Å². The molecule has 0 fully saturated rings. The number of rotatable bonds is 5. The highest BCUT2D eigenvalue weighted by Gasteiger charge is 2.07. The molecule has 17 heavy (non-hydrogen) atoms. The normalized spacial score (nSPS) is 11.2. The summed E-state index contributed by atoms with van der Waals surface area (Å²) in [7, 11) is 0. The van der Waals surface area contributed by atoms with Crippen LogP contribution in [0.3, 0.4) is 0 Å². The van der Waals surface area contributed by atoms with Crippen LogP contribution >= 0.6 is 0 Å². The van der Waals surface area contributed by atoms with E-state index in [-0.39, 0.29) is 0 Å². The fourth-order valence-electron chi connectivity index (χ4n) is 1.96. The lowest BCUT2D eigenvalue weighted by atomic mass is 10.2. The number of hydrogen-bond donors (Lipinski definition) is 1. The summed E-state index contributed by atoms with van der Waals surface area (Å²) in [5.41, 5.74) is 9.23. The Labute approximate surface area is 101 Å². The molecule has 1 heterocycles. The van der Waals surface area contributed by atoms with Crippen molar-refractivity contribution in [2.45, 2.75) is 26.8 Å². The van der Waals surface area contributed by atoms with E-state index in [1.807, 2.05) is 13.0 Å².